The second-order valence-electron chi connectivity index (χ2n) is 10.3. The van der Waals surface area contributed by atoms with Crippen molar-refractivity contribution in [3.63, 3.8) is 0 Å². The maximum absolute atomic E-state index is 14.0. The lowest BCUT2D eigenvalue weighted by atomic mass is 9.87. The lowest BCUT2D eigenvalue weighted by molar-refractivity contribution is 0.582. The van der Waals surface area contributed by atoms with Gasteiger partial charge in [-0.25, -0.2) is 8.78 Å². The molecule has 0 aliphatic carbocycles. The molecule has 0 amide bonds. The van der Waals surface area contributed by atoms with Gasteiger partial charge in [0.15, 0.2) is 0 Å². The normalized spacial score (nSPS) is 11.6. The molecule has 0 unspecified atom stereocenters. The summed E-state index contributed by atoms with van der Waals surface area (Å²) in [6.07, 6.45) is 1.71. The van der Waals surface area contributed by atoms with Crippen LogP contribution in [0.5, 0.6) is 0 Å². The zero-order chi connectivity index (χ0) is 26.0. The van der Waals surface area contributed by atoms with E-state index in [0.717, 1.165) is 41.2 Å². The molecule has 5 rings (SSSR count). The van der Waals surface area contributed by atoms with Gasteiger partial charge in [0.25, 0.3) is 0 Å². The van der Waals surface area contributed by atoms with Crippen molar-refractivity contribution in [2.24, 2.45) is 0 Å². The molecule has 186 valence electrons. The number of aryl methyl sites for hydroxylation is 2. The summed E-state index contributed by atoms with van der Waals surface area (Å²) in [6, 6.07) is 27.7. The summed E-state index contributed by atoms with van der Waals surface area (Å²) >= 11 is 0. The number of rotatable bonds is 6. The van der Waals surface area contributed by atoms with Crippen LogP contribution in [-0.4, -0.2) is 10.2 Å². The van der Waals surface area contributed by atoms with Crippen LogP contribution < -0.4 is 0 Å². The zero-order valence-corrected chi connectivity index (χ0v) is 21.1. The van der Waals surface area contributed by atoms with Crippen LogP contribution in [0.2, 0.25) is 0 Å². The van der Waals surface area contributed by atoms with Gasteiger partial charge >= 0.3 is 0 Å². The van der Waals surface area contributed by atoms with Gasteiger partial charge in [0.2, 0.25) is 11.8 Å². The minimum absolute atomic E-state index is 0.0904. The van der Waals surface area contributed by atoms with Crippen molar-refractivity contribution in [3.8, 4) is 34.0 Å². The van der Waals surface area contributed by atoms with E-state index in [0.29, 0.717) is 17.3 Å². The third kappa shape index (κ3) is 5.67. The van der Waals surface area contributed by atoms with Crippen LogP contribution in [0.4, 0.5) is 8.78 Å². The number of hydrogen-bond donors (Lipinski definition) is 0. The van der Waals surface area contributed by atoms with E-state index in [9.17, 15) is 8.78 Å². The highest BCUT2D eigenvalue weighted by Crippen LogP contribution is 2.28. The van der Waals surface area contributed by atoms with Gasteiger partial charge in [-0.1, -0.05) is 69.3 Å². The Balaban J connectivity index is 1.21. The monoisotopic (exact) mass is 494 g/mol. The Morgan fingerprint density at radius 2 is 1.11 bits per heavy atom. The summed E-state index contributed by atoms with van der Waals surface area (Å²) in [5.74, 6) is -0.137. The zero-order valence-electron chi connectivity index (χ0n) is 21.1. The molecule has 37 heavy (non-hydrogen) atoms. The van der Waals surface area contributed by atoms with Gasteiger partial charge < -0.3 is 4.42 Å². The van der Waals surface area contributed by atoms with Gasteiger partial charge in [0.05, 0.1) is 0 Å². The highest BCUT2D eigenvalue weighted by molar-refractivity contribution is 5.64. The van der Waals surface area contributed by atoms with Crippen LogP contribution in [0.1, 0.15) is 37.5 Å². The first-order valence-electron chi connectivity index (χ1n) is 12.3. The van der Waals surface area contributed by atoms with E-state index in [1.165, 1.54) is 23.3 Å². The molecule has 5 heteroatoms. The molecule has 5 aromatic rings. The van der Waals surface area contributed by atoms with Gasteiger partial charge in [-0.05, 0) is 76.9 Å². The van der Waals surface area contributed by atoms with Crippen LogP contribution in [0.3, 0.4) is 0 Å². The van der Waals surface area contributed by atoms with E-state index in [-0.39, 0.29) is 5.41 Å². The van der Waals surface area contributed by atoms with Crippen molar-refractivity contribution in [1.29, 1.82) is 0 Å². The predicted molar refractivity (Wildman–Crippen MR) is 143 cm³/mol. The Kier molecular flexibility index (Phi) is 6.70. The molecule has 1 heterocycles. The molecule has 0 spiro atoms. The topological polar surface area (TPSA) is 38.9 Å². The fourth-order valence-electron chi connectivity index (χ4n) is 4.25. The van der Waals surface area contributed by atoms with Crippen molar-refractivity contribution >= 4 is 0 Å². The molecule has 0 atom stereocenters. The van der Waals surface area contributed by atoms with Gasteiger partial charge in [-0.15, -0.1) is 10.2 Å². The lowest BCUT2D eigenvalue weighted by Gasteiger charge is -2.18. The molecule has 0 aliphatic heterocycles. The largest absolute Gasteiger partial charge is 0.416 e. The summed E-state index contributed by atoms with van der Waals surface area (Å²) in [5.41, 5.74) is 6.58. The van der Waals surface area contributed by atoms with Crippen LogP contribution in [0.15, 0.2) is 95.4 Å². The number of halogens is 2. The Hall–Kier alpha value is -4.12. The first-order chi connectivity index (χ1) is 17.8. The Morgan fingerprint density at radius 1 is 0.622 bits per heavy atom. The number of aromatic nitrogens is 2. The highest BCUT2D eigenvalue weighted by atomic mass is 19.1. The molecule has 0 saturated carbocycles. The Labute approximate surface area is 215 Å². The second-order valence-corrected chi connectivity index (χ2v) is 10.3. The quantitative estimate of drug-likeness (QED) is 0.238. The lowest BCUT2D eigenvalue weighted by Crippen LogP contribution is -2.10. The fraction of sp³-hybridized carbons (Fsp3) is 0.188. The molecule has 0 fully saturated rings. The standard InChI is InChI=1S/C32H28F2N2O/c1-32(2,3)26-16-14-25(15-17-26)31-36-35-30(37-31)24-12-8-22(9-13-24)5-4-21-6-10-23(11-7-21)28-19-18-27(33)20-29(28)34/h6-20H,4-5H2,1-3H3. The Bertz CT molecular complexity index is 1500. The van der Waals surface area contributed by atoms with E-state index >= 15 is 0 Å². The van der Waals surface area contributed by atoms with Gasteiger partial charge in [0.1, 0.15) is 11.6 Å². The summed E-state index contributed by atoms with van der Waals surface area (Å²) in [4.78, 5) is 0. The summed E-state index contributed by atoms with van der Waals surface area (Å²) < 4.78 is 33.2. The van der Waals surface area contributed by atoms with Crippen LogP contribution in [-0.2, 0) is 18.3 Å². The first-order valence-corrected chi connectivity index (χ1v) is 12.3. The van der Waals surface area contributed by atoms with E-state index in [1.54, 1.807) is 0 Å². The molecule has 0 bridgehead atoms. The van der Waals surface area contributed by atoms with Crippen molar-refractivity contribution in [2.45, 2.75) is 39.0 Å². The van der Waals surface area contributed by atoms with Crippen molar-refractivity contribution in [3.05, 3.63) is 119 Å². The minimum atomic E-state index is -0.575. The maximum Gasteiger partial charge on any atom is 0.248 e. The molecule has 0 saturated heterocycles. The first kappa shape index (κ1) is 24.6. The smallest absolute Gasteiger partial charge is 0.248 e. The highest BCUT2D eigenvalue weighted by Gasteiger charge is 2.15. The predicted octanol–water partition coefficient (Wildman–Crippen LogP) is 8.43. The summed E-state index contributed by atoms with van der Waals surface area (Å²) in [5, 5.41) is 8.47. The van der Waals surface area contributed by atoms with Crippen LogP contribution >= 0.6 is 0 Å². The van der Waals surface area contributed by atoms with Gasteiger partial charge in [0, 0.05) is 22.8 Å². The third-order valence-corrected chi connectivity index (χ3v) is 6.52. The van der Waals surface area contributed by atoms with Crippen LogP contribution in [0, 0.1) is 11.6 Å². The van der Waals surface area contributed by atoms with E-state index in [4.69, 9.17) is 4.42 Å². The number of benzene rings is 4. The maximum atomic E-state index is 14.0. The second kappa shape index (κ2) is 10.1. The molecule has 1 aromatic heterocycles. The number of nitrogens with zero attached hydrogens (tertiary/aromatic N) is 2. The SMILES string of the molecule is CC(C)(C)c1ccc(-c2nnc(-c3ccc(CCc4ccc(-c5ccc(F)cc5F)cc4)cc3)o2)cc1. The molecule has 0 N–H and O–H groups in total. The third-order valence-electron chi connectivity index (χ3n) is 6.52. The summed E-state index contributed by atoms with van der Waals surface area (Å²) in [7, 11) is 0. The van der Waals surface area contributed by atoms with Crippen LogP contribution in [0.25, 0.3) is 34.0 Å². The Morgan fingerprint density at radius 3 is 1.59 bits per heavy atom. The average molecular weight is 495 g/mol. The molecule has 0 radical (unpaired) electrons. The molecular weight excluding hydrogens is 466 g/mol. The molecule has 0 aliphatic rings. The van der Waals surface area contributed by atoms with Gasteiger partial charge in [-0.3, -0.25) is 0 Å². The average Bonchev–Trinajstić information content (AvgIpc) is 3.38. The molecule has 4 aromatic carbocycles. The van der Waals surface area contributed by atoms with Crippen molar-refractivity contribution < 1.29 is 13.2 Å². The minimum Gasteiger partial charge on any atom is -0.416 e. The van der Waals surface area contributed by atoms with Crippen molar-refractivity contribution in [2.75, 3.05) is 0 Å². The molecular formula is C32H28F2N2O. The van der Waals surface area contributed by atoms with E-state index < -0.39 is 11.6 Å². The van der Waals surface area contributed by atoms with E-state index in [1.807, 2.05) is 48.5 Å². The molecule has 3 nitrogen and oxygen atoms in total. The van der Waals surface area contributed by atoms with Gasteiger partial charge in [-0.2, -0.15) is 0 Å². The van der Waals surface area contributed by atoms with Crippen molar-refractivity contribution in [1.82, 2.24) is 10.2 Å². The number of hydrogen-bond acceptors (Lipinski definition) is 3. The summed E-state index contributed by atoms with van der Waals surface area (Å²) in [6.45, 7) is 6.56. The van der Waals surface area contributed by atoms with E-state index in [2.05, 4.69) is 55.2 Å². The fourth-order valence-corrected chi connectivity index (χ4v) is 4.25.